The molecular formula is C13H19NO3S2. The summed E-state index contributed by atoms with van der Waals surface area (Å²) in [7, 11) is -1.52. The molecule has 4 nitrogen and oxygen atoms in total. The fraction of sp³-hybridized carbons (Fsp3) is 0.538. The van der Waals surface area contributed by atoms with Gasteiger partial charge in [0.15, 0.2) is 0 Å². The van der Waals surface area contributed by atoms with Gasteiger partial charge in [0.2, 0.25) is 10.0 Å². The first-order chi connectivity index (χ1) is 9.06. The van der Waals surface area contributed by atoms with E-state index in [1.165, 1.54) is 0 Å². The van der Waals surface area contributed by atoms with Crippen LogP contribution in [-0.4, -0.2) is 37.9 Å². The van der Waals surface area contributed by atoms with Gasteiger partial charge in [-0.2, -0.15) is 4.31 Å². The maximum absolute atomic E-state index is 12.2. The van der Waals surface area contributed by atoms with Crippen LogP contribution in [0.1, 0.15) is 18.9 Å². The van der Waals surface area contributed by atoms with Gasteiger partial charge >= 0.3 is 0 Å². The molecule has 1 heterocycles. The summed E-state index contributed by atoms with van der Waals surface area (Å²) in [4.78, 5) is 1.15. The van der Waals surface area contributed by atoms with Crippen molar-refractivity contribution in [1.82, 2.24) is 4.31 Å². The molecule has 0 radical (unpaired) electrons. The number of fused-ring (bicyclic) bond motifs is 1. The van der Waals surface area contributed by atoms with Crippen molar-refractivity contribution in [2.24, 2.45) is 0 Å². The van der Waals surface area contributed by atoms with Crippen LogP contribution in [-0.2, 0) is 16.6 Å². The zero-order chi connectivity index (χ0) is 13.9. The summed E-state index contributed by atoms with van der Waals surface area (Å²) in [5.41, 5.74) is 1.03. The number of hydrogen-bond acceptors (Lipinski definition) is 4. The lowest BCUT2D eigenvalue weighted by molar-refractivity contribution is 0.407. The van der Waals surface area contributed by atoms with E-state index in [2.05, 4.69) is 0 Å². The molecule has 6 heteroatoms. The number of thioether (sulfide) groups is 1. The summed E-state index contributed by atoms with van der Waals surface area (Å²) < 4.78 is 31.2. The summed E-state index contributed by atoms with van der Waals surface area (Å²) in [5.74, 6) is 1.79. The van der Waals surface area contributed by atoms with Gasteiger partial charge in [0, 0.05) is 23.7 Å². The standard InChI is InChI=1S/C13H19NO3S2/c1-3-8-19(15,16)14-6-7-18-13-5-4-12(17-2)9-11(13)10-14/h4-5,9H,3,6-8,10H2,1-2H3. The molecule has 1 aliphatic heterocycles. The van der Waals surface area contributed by atoms with Crippen molar-refractivity contribution in [3.63, 3.8) is 0 Å². The van der Waals surface area contributed by atoms with E-state index in [1.54, 1.807) is 23.2 Å². The Balaban J connectivity index is 2.28. The summed E-state index contributed by atoms with van der Waals surface area (Å²) in [6, 6.07) is 5.86. The van der Waals surface area contributed by atoms with Crippen LogP contribution in [0.2, 0.25) is 0 Å². The minimum Gasteiger partial charge on any atom is -0.497 e. The first-order valence-electron chi connectivity index (χ1n) is 6.34. The highest BCUT2D eigenvalue weighted by molar-refractivity contribution is 7.99. The van der Waals surface area contributed by atoms with Gasteiger partial charge < -0.3 is 4.74 Å². The number of nitrogens with zero attached hydrogens (tertiary/aromatic N) is 1. The molecule has 0 N–H and O–H groups in total. The van der Waals surface area contributed by atoms with Crippen LogP contribution in [0.5, 0.6) is 5.75 Å². The largest absolute Gasteiger partial charge is 0.497 e. The molecule has 19 heavy (non-hydrogen) atoms. The van der Waals surface area contributed by atoms with Crippen molar-refractivity contribution < 1.29 is 13.2 Å². The smallest absolute Gasteiger partial charge is 0.214 e. The second kappa shape index (κ2) is 6.15. The molecule has 0 amide bonds. The topological polar surface area (TPSA) is 46.6 Å². The van der Waals surface area contributed by atoms with Gasteiger partial charge in [0.05, 0.1) is 12.9 Å². The monoisotopic (exact) mass is 301 g/mol. The van der Waals surface area contributed by atoms with Crippen LogP contribution >= 0.6 is 11.8 Å². The van der Waals surface area contributed by atoms with Gasteiger partial charge in [-0.25, -0.2) is 8.42 Å². The molecule has 0 bridgehead atoms. The van der Waals surface area contributed by atoms with Crippen molar-refractivity contribution >= 4 is 21.8 Å². The number of hydrogen-bond donors (Lipinski definition) is 0. The summed E-state index contributed by atoms with van der Waals surface area (Å²) in [6.45, 7) is 2.91. The number of benzene rings is 1. The molecule has 1 aromatic carbocycles. The van der Waals surface area contributed by atoms with Crippen LogP contribution in [0.15, 0.2) is 23.1 Å². The normalized spacial score (nSPS) is 16.7. The van der Waals surface area contributed by atoms with Gasteiger partial charge in [-0.3, -0.25) is 0 Å². The third-order valence-electron chi connectivity index (χ3n) is 3.07. The maximum atomic E-state index is 12.2. The fourth-order valence-corrected chi connectivity index (χ4v) is 4.70. The Morgan fingerprint density at radius 3 is 2.89 bits per heavy atom. The van der Waals surface area contributed by atoms with E-state index in [0.29, 0.717) is 19.5 Å². The lowest BCUT2D eigenvalue weighted by Gasteiger charge is -2.19. The molecular weight excluding hydrogens is 282 g/mol. The predicted molar refractivity (Wildman–Crippen MR) is 78.2 cm³/mol. The highest BCUT2D eigenvalue weighted by Gasteiger charge is 2.24. The average Bonchev–Trinajstić information content (AvgIpc) is 2.60. The summed E-state index contributed by atoms with van der Waals surface area (Å²) in [5, 5.41) is 0. The fourth-order valence-electron chi connectivity index (χ4n) is 2.10. The molecule has 1 aliphatic rings. The second-order valence-corrected chi connectivity index (χ2v) is 7.70. The summed E-state index contributed by atoms with van der Waals surface area (Å²) in [6.07, 6.45) is 0.650. The molecule has 0 spiro atoms. The quantitative estimate of drug-likeness (QED) is 0.856. The average molecular weight is 301 g/mol. The van der Waals surface area contributed by atoms with E-state index in [0.717, 1.165) is 22.0 Å². The van der Waals surface area contributed by atoms with Gasteiger partial charge in [-0.15, -0.1) is 11.8 Å². The Morgan fingerprint density at radius 1 is 1.42 bits per heavy atom. The van der Waals surface area contributed by atoms with Crippen LogP contribution in [0.4, 0.5) is 0 Å². The minimum atomic E-state index is -3.14. The zero-order valence-electron chi connectivity index (χ0n) is 11.3. The van der Waals surface area contributed by atoms with E-state index >= 15 is 0 Å². The first kappa shape index (κ1) is 14.7. The Hall–Kier alpha value is -0.720. The van der Waals surface area contributed by atoms with Gasteiger partial charge in [0.25, 0.3) is 0 Å². The van der Waals surface area contributed by atoms with Crippen molar-refractivity contribution in [2.45, 2.75) is 24.8 Å². The third kappa shape index (κ3) is 3.43. The minimum absolute atomic E-state index is 0.219. The zero-order valence-corrected chi connectivity index (χ0v) is 12.9. The number of methoxy groups -OCH3 is 1. The molecule has 0 aromatic heterocycles. The number of ether oxygens (including phenoxy) is 1. The summed E-state index contributed by atoms with van der Waals surface area (Å²) >= 11 is 1.71. The van der Waals surface area contributed by atoms with Gasteiger partial charge in [0.1, 0.15) is 5.75 Å². The molecule has 0 atom stereocenters. The van der Waals surface area contributed by atoms with Crippen LogP contribution in [0.3, 0.4) is 0 Å². The van der Waals surface area contributed by atoms with E-state index in [-0.39, 0.29) is 5.75 Å². The molecule has 0 saturated carbocycles. The van der Waals surface area contributed by atoms with Crippen LogP contribution in [0.25, 0.3) is 0 Å². The highest BCUT2D eigenvalue weighted by atomic mass is 32.2. The lowest BCUT2D eigenvalue weighted by Crippen LogP contribution is -2.33. The SMILES string of the molecule is CCCS(=O)(=O)N1CCSc2ccc(OC)cc2C1. The van der Waals surface area contributed by atoms with Crippen LogP contribution < -0.4 is 4.74 Å². The van der Waals surface area contributed by atoms with Crippen LogP contribution in [0, 0.1) is 0 Å². The second-order valence-electron chi connectivity index (χ2n) is 4.47. The molecule has 0 aliphatic carbocycles. The van der Waals surface area contributed by atoms with Crippen molar-refractivity contribution in [3.8, 4) is 5.75 Å². The molecule has 0 fully saturated rings. The number of sulfonamides is 1. The van der Waals surface area contributed by atoms with Gasteiger partial charge in [-0.05, 0) is 30.2 Å². The Labute approximate surface area is 119 Å². The van der Waals surface area contributed by atoms with Crippen molar-refractivity contribution in [3.05, 3.63) is 23.8 Å². The number of rotatable bonds is 4. The lowest BCUT2D eigenvalue weighted by atomic mass is 10.2. The molecule has 0 saturated heterocycles. The third-order valence-corrected chi connectivity index (χ3v) is 6.19. The van der Waals surface area contributed by atoms with E-state index in [9.17, 15) is 8.42 Å². The Kier molecular flexibility index (Phi) is 4.76. The Morgan fingerprint density at radius 2 is 2.21 bits per heavy atom. The molecule has 2 rings (SSSR count). The molecule has 0 unspecified atom stereocenters. The highest BCUT2D eigenvalue weighted by Crippen LogP contribution is 2.31. The van der Waals surface area contributed by atoms with E-state index < -0.39 is 10.0 Å². The molecule has 1 aromatic rings. The predicted octanol–water partition coefficient (Wildman–Crippen LogP) is 2.34. The van der Waals surface area contributed by atoms with Crippen molar-refractivity contribution in [1.29, 1.82) is 0 Å². The first-order valence-corrected chi connectivity index (χ1v) is 8.94. The van der Waals surface area contributed by atoms with Gasteiger partial charge in [-0.1, -0.05) is 6.92 Å². The van der Waals surface area contributed by atoms with Crippen molar-refractivity contribution in [2.75, 3.05) is 25.2 Å². The molecule has 106 valence electrons. The van der Waals surface area contributed by atoms with E-state index in [1.807, 2.05) is 25.1 Å². The maximum Gasteiger partial charge on any atom is 0.214 e. The van der Waals surface area contributed by atoms with E-state index in [4.69, 9.17) is 4.74 Å². The Bertz CT molecular complexity index is 543.